The largest absolute Gasteiger partial charge is 0.464 e. The molecule has 0 unspecified atom stereocenters. The highest BCUT2D eigenvalue weighted by atomic mass is 16.5. The number of ether oxygens (including phenoxy) is 1. The average Bonchev–Trinajstić information content (AvgIpc) is 3.58. The number of aromatic nitrogens is 4. The molecule has 0 radical (unpaired) electrons. The Bertz CT molecular complexity index is 1270. The van der Waals surface area contributed by atoms with Crippen molar-refractivity contribution in [3.8, 4) is 11.8 Å². The number of hydrogen-bond donors (Lipinski definition) is 0. The Hall–Kier alpha value is -4.26. The van der Waals surface area contributed by atoms with Crippen LogP contribution in [0.3, 0.4) is 0 Å². The highest BCUT2D eigenvalue weighted by Gasteiger charge is 2.47. The number of hydrogen-bond acceptors (Lipinski definition) is 8. The number of piperidine rings is 1. The number of benzene rings is 1. The van der Waals surface area contributed by atoms with Crippen LogP contribution in [0.15, 0.2) is 55.0 Å². The van der Waals surface area contributed by atoms with Crippen LogP contribution in [-0.4, -0.2) is 68.5 Å². The van der Waals surface area contributed by atoms with Gasteiger partial charge in [0.15, 0.2) is 0 Å². The standard InChI is InChI=1S/C25H25N7O3/c1-2-35-25(34)21-14-18-8-12-30(23-13-17(15-26)7-9-27-23)22(18)16-31(21)24(33)19-5-3-4-6-20(19)32-28-10-11-29-32/h3-7,9-11,13,18,21-22H,2,8,12,14,16H2,1H3/t18-,21+,22+/m1/s1. The van der Waals surface area contributed by atoms with Crippen molar-refractivity contribution in [2.24, 2.45) is 5.92 Å². The molecule has 0 bridgehead atoms. The summed E-state index contributed by atoms with van der Waals surface area (Å²) in [5.41, 5.74) is 1.48. The van der Waals surface area contributed by atoms with Crippen molar-refractivity contribution in [1.82, 2.24) is 24.9 Å². The number of amides is 1. The Kier molecular flexibility index (Phi) is 6.14. The third-order valence-electron chi connectivity index (χ3n) is 6.73. The monoisotopic (exact) mass is 471 g/mol. The summed E-state index contributed by atoms with van der Waals surface area (Å²) in [6.07, 6.45) is 6.10. The van der Waals surface area contributed by atoms with Gasteiger partial charge in [0.2, 0.25) is 0 Å². The third kappa shape index (κ3) is 4.21. The van der Waals surface area contributed by atoms with Gasteiger partial charge in [-0.05, 0) is 49.9 Å². The van der Waals surface area contributed by atoms with Crippen LogP contribution in [0.5, 0.6) is 0 Å². The van der Waals surface area contributed by atoms with Crippen LogP contribution in [0.4, 0.5) is 5.82 Å². The van der Waals surface area contributed by atoms with Crippen LogP contribution in [0.25, 0.3) is 5.69 Å². The van der Waals surface area contributed by atoms with Crippen LogP contribution < -0.4 is 4.90 Å². The predicted octanol–water partition coefficient (Wildman–Crippen LogP) is 2.21. The van der Waals surface area contributed by atoms with Gasteiger partial charge in [-0.3, -0.25) is 4.79 Å². The zero-order valence-corrected chi connectivity index (χ0v) is 19.3. The highest BCUT2D eigenvalue weighted by molar-refractivity contribution is 6.00. The lowest BCUT2D eigenvalue weighted by Gasteiger charge is -2.43. The minimum absolute atomic E-state index is 0.0268. The first-order valence-electron chi connectivity index (χ1n) is 11.7. The van der Waals surface area contributed by atoms with Gasteiger partial charge in [-0.15, -0.1) is 0 Å². The molecule has 0 N–H and O–H groups in total. The fraction of sp³-hybridized carbons (Fsp3) is 0.360. The van der Waals surface area contributed by atoms with Crippen LogP contribution in [0, 0.1) is 17.2 Å². The second-order valence-electron chi connectivity index (χ2n) is 8.62. The van der Waals surface area contributed by atoms with Gasteiger partial charge in [-0.2, -0.15) is 20.3 Å². The Morgan fingerprint density at radius 1 is 1.17 bits per heavy atom. The van der Waals surface area contributed by atoms with Gasteiger partial charge in [0.25, 0.3) is 5.91 Å². The topological polar surface area (TPSA) is 117 Å². The van der Waals surface area contributed by atoms with Gasteiger partial charge in [-0.25, -0.2) is 9.78 Å². The summed E-state index contributed by atoms with van der Waals surface area (Å²) in [5, 5.41) is 17.7. The number of nitrogens with zero attached hydrogens (tertiary/aromatic N) is 7. The smallest absolute Gasteiger partial charge is 0.328 e. The summed E-state index contributed by atoms with van der Waals surface area (Å²) >= 11 is 0. The van der Waals surface area contributed by atoms with Crippen molar-refractivity contribution in [1.29, 1.82) is 5.26 Å². The maximum atomic E-state index is 13.9. The van der Waals surface area contributed by atoms with Gasteiger partial charge in [0, 0.05) is 19.3 Å². The number of nitriles is 1. The molecule has 0 aliphatic carbocycles. The molecule has 2 fully saturated rings. The van der Waals surface area contributed by atoms with E-state index in [1.54, 1.807) is 60.7 Å². The fourth-order valence-corrected chi connectivity index (χ4v) is 5.12. The Labute approximate surface area is 202 Å². The maximum Gasteiger partial charge on any atom is 0.328 e. The number of pyridine rings is 1. The fourth-order valence-electron chi connectivity index (χ4n) is 5.12. The second-order valence-corrected chi connectivity index (χ2v) is 8.62. The molecule has 1 amide bonds. The highest BCUT2D eigenvalue weighted by Crippen LogP contribution is 2.38. The number of para-hydroxylation sites is 1. The lowest BCUT2D eigenvalue weighted by molar-refractivity contribution is -0.150. The molecule has 2 aliphatic heterocycles. The molecule has 2 aliphatic rings. The third-order valence-corrected chi connectivity index (χ3v) is 6.73. The van der Waals surface area contributed by atoms with E-state index in [1.807, 2.05) is 6.07 Å². The van der Waals surface area contributed by atoms with E-state index in [0.29, 0.717) is 35.6 Å². The van der Waals surface area contributed by atoms with E-state index < -0.39 is 12.0 Å². The number of esters is 1. The van der Waals surface area contributed by atoms with Crippen molar-refractivity contribution in [3.05, 3.63) is 66.1 Å². The summed E-state index contributed by atoms with van der Waals surface area (Å²) < 4.78 is 5.37. The van der Waals surface area contributed by atoms with Crippen molar-refractivity contribution in [3.63, 3.8) is 0 Å². The van der Waals surface area contributed by atoms with Gasteiger partial charge in [0.1, 0.15) is 11.9 Å². The van der Waals surface area contributed by atoms with Gasteiger partial charge < -0.3 is 14.5 Å². The summed E-state index contributed by atoms with van der Waals surface area (Å²) in [6, 6.07) is 12.0. The summed E-state index contributed by atoms with van der Waals surface area (Å²) in [4.78, 5) is 36.6. The summed E-state index contributed by atoms with van der Waals surface area (Å²) in [5.74, 6) is 0.237. The van der Waals surface area contributed by atoms with E-state index in [-0.39, 0.29) is 24.5 Å². The number of carbonyl (C=O) groups excluding carboxylic acids is 2. The molecule has 5 rings (SSSR count). The van der Waals surface area contributed by atoms with E-state index in [9.17, 15) is 14.9 Å². The van der Waals surface area contributed by atoms with Crippen LogP contribution >= 0.6 is 0 Å². The average molecular weight is 472 g/mol. The molecule has 2 saturated heterocycles. The second kappa shape index (κ2) is 9.54. The molecule has 3 aromatic rings. The predicted molar refractivity (Wildman–Crippen MR) is 126 cm³/mol. The Morgan fingerprint density at radius 3 is 2.74 bits per heavy atom. The summed E-state index contributed by atoms with van der Waals surface area (Å²) in [7, 11) is 0. The molecule has 1 aromatic carbocycles. The first-order valence-corrected chi connectivity index (χ1v) is 11.7. The quantitative estimate of drug-likeness (QED) is 0.520. The molecule has 0 spiro atoms. The van der Waals surface area contributed by atoms with Gasteiger partial charge in [0.05, 0.1) is 47.9 Å². The Morgan fingerprint density at radius 2 is 1.97 bits per heavy atom. The van der Waals surface area contributed by atoms with Crippen LogP contribution in [0.2, 0.25) is 0 Å². The zero-order chi connectivity index (χ0) is 24.4. The van der Waals surface area contributed by atoms with Crippen molar-refractivity contribution < 1.29 is 14.3 Å². The molecule has 3 atom stereocenters. The minimum Gasteiger partial charge on any atom is -0.464 e. The number of likely N-dealkylation sites (tertiary alicyclic amines) is 1. The summed E-state index contributed by atoms with van der Waals surface area (Å²) in [6.45, 7) is 3.09. The lowest BCUT2D eigenvalue weighted by Crippen LogP contribution is -2.57. The van der Waals surface area contributed by atoms with E-state index in [1.165, 1.54) is 4.80 Å². The first kappa shape index (κ1) is 22.5. The minimum atomic E-state index is -0.680. The molecule has 2 aromatic heterocycles. The first-order chi connectivity index (χ1) is 17.1. The SMILES string of the molecule is CCOC(=O)[C@@H]1C[C@H]2CCN(c3cc(C#N)ccn3)[C@H]2CN1C(=O)c1ccccc1-n1nccn1. The van der Waals surface area contributed by atoms with Crippen molar-refractivity contribution in [2.45, 2.75) is 31.8 Å². The van der Waals surface area contributed by atoms with Crippen LogP contribution in [0.1, 0.15) is 35.7 Å². The number of fused-ring (bicyclic) bond motifs is 1. The molecule has 4 heterocycles. The van der Waals surface area contributed by atoms with E-state index >= 15 is 0 Å². The number of carbonyl (C=O) groups is 2. The molecular formula is C25H25N7O3. The zero-order valence-electron chi connectivity index (χ0n) is 19.3. The van der Waals surface area contributed by atoms with Crippen molar-refractivity contribution in [2.75, 3.05) is 24.6 Å². The van der Waals surface area contributed by atoms with Crippen LogP contribution in [-0.2, 0) is 9.53 Å². The van der Waals surface area contributed by atoms with E-state index in [2.05, 4.69) is 26.2 Å². The lowest BCUT2D eigenvalue weighted by atomic mass is 9.86. The molecule has 0 saturated carbocycles. The number of anilines is 1. The van der Waals surface area contributed by atoms with Gasteiger partial charge >= 0.3 is 5.97 Å². The number of rotatable bonds is 5. The molecule has 178 valence electrons. The van der Waals surface area contributed by atoms with E-state index in [4.69, 9.17) is 4.74 Å². The maximum absolute atomic E-state index is 13.9. The molecule has 10 nitrogen and oxygen atoms in total. The van der Waals surface area contributed by atoms with Gasteiger partial charge in [-0.1, -0.05) is 12.1 Å². The van der Waals surface area contributed by atoms with E-state index in [0.717, 1.165) is 13.0 Å². The molecular weight excluding hydrogens is 446 g/mol. The molecule has 35 heavy (non-hydrogen) atoms. The Balaban J connectivity index is 1.50. The molecule has 10 heteroatoms. The van der Waals surface area contributed by atoms with Crippen molar-refractivity contribution >= 4 is 17.7 Å². The normalized spacial score (nSPS) is 21.3.